The van der Waals surface area contributed by atoms with Gasteiger partial charge in [-0.05, 0) is 46.2 Å². The summed E-state index contributed by atoms with van der Waals surface area (Å²) in [4.78, 5) is 2.55. The van der Waals surface area contributed by atoms with Crippen LogP contribution in [0.2, 0.25) is 0 Å². The van der Waals surface area contributed by atoms with Crippen LogP contribution in [-0.4, -0.2) is 47.8 Å². The van der Waals surface area contributed by atoms with Crippen molar-refractivity contribution in [3.05, 3.63) is 0 Å². The number of aliphatic hydroxyl groups excluding tert-OH is 1. The van der Waals surface area contributed by atoms with Crippen LogP contribution in [0.5, 0.6) is 0 Å². The second-order valence-corrected chi connectivity index (χ2v) is 7.25. The van der Waals surface area contributed by atoms with Gasteiger partial charge in [0.25, 0.3) is 0 Å². The molecule has 20 heavy (non-hydrogen) atoms. The molecular weight excluding hydrogens is 248 g/mol. The van der Waals surface area contributed by atoms with E-state index in [1.165, 1.54) is 38.5 Å². The Hall–Kier alpha value is -0.120. The van der Waals surface area contributed by atoms with Gasteiger partial charge in [-0.3, -0.25) is 0 Å². The molecule has 1 fully saturated rings. The zero-order valence-corrected chi connectivity index (χ0v) is 14.1. The summed E-state index contributed by atoms with van der Waals surface area (Å²) in [6.07, 6.45) is 10.6. The molecule has 0 saturated heterocycles. The molecule has 1 aliphatic rings. The minimum atomic E-state index is -0.127. The normalized spacial score (nSPS) is 21.1. The third kappa shape index (κ3) is 6.55. The predicted molar refractivity (Wildman–Crippen MR) is 87.1 cm³/mol. The van der Waals surface area contributed by atoms with Gasteiger partial charge >= 0.3 is 0 Å². The van der Waals surface area contributed by atoms with Crippen LogP contribution in [0.25, 0.3) is 0 Å². The van der Waals surface area contributed by atoms with Crippen LogP contribution in [0.1, 0.15) is 72.1 Å². The molecule has 3 nitrogen and oxygen atoms in total. The molecule has 0 aromatic rings. The standard InChI is InChI=1S/C17H36N2O/c1-15(2)18-17(3,14-20)12-9-13-19(4)16-10-7-5-6-8-11-16/h15-16,18,20H,5-14H2,1-4H3. The molecule has 0 amide bonds. The first-order chi connectivity index (χ1) is 9.47. The Kier molecular flexibility index (Phi) is 8.08. The third-order valence-corrected chi connectivity index (χ3v) is 4.67. The van der Waals surface area contributed by atoms with Crippen molar-refractivity contribution in [3.63, 3.8) is 0 Å². The number of hydrogen-bond donors (Lipinski definition) is 2. The van der Waals surface area contributed by atoms with Gasteiger partial charge < -0.3 is 15.3 Å². The van der Waals surface area contributed by atoms with Crippen LogP contribution in [0.3, 0.4) is 0 Å². The van der Waals surface area contributed by atoms with Crippen molar-refractivity contribution in [2.75, 3.05) is 20.2 Å². The molecule has 1 atom stereocenters. The highest BCUT2D eigenvalue weighted by Crippen LogP contribution is 2.22. The number of nitrogens with zero attached hydrogens (tertiary/aromatic N) is 1. The maximum Gasteiger partial charge on any atom is 0.0610 e. The van der Waals surface area contributed by atoms with Gasteiger partial charge in [0, 0.05) is 17.6 Å². The zero-order chi connectivity index (χ0) is 15.0. The second-order valence-electron chi connectivity index (χ2n) is 7.25. The molecule has 0 spiro atoms. The Labute approximate surface area is 126 Å². The lowest BCUT2D eigenvalue weighted by atomic mass is 9.95. The molecule has 1 aliphatic carbocycles. The van der Waals surface area contributed by atoms with Crippen LogP contribution >= 0.6 is 0 Å². The van der Waals surface area contributed by atoms with Gasteiger partial charge in [0.2, 0.25) is 0 Å². The van der Waals surface area contributed by atoms with Crippen molar-refractivity contribution in [1.29, 1.82) is 0 Å². The predicted octanol–water partition coefficient (Wildman–Crippen LogP) is 3.17. The van der Waals surface area contributed by atoms with Crippen molar-refractivity contribution >= 4 is 0 Å². The van der Waals surface area contributed by atoms with Crippen molar-refractivity contribution in [1.82, 2.24) is 10.2 Å². The number of nitrogens with one attached hydrogen (secondary N) is 1. The summed E-state index contributed by atoms with van der Waals surface area (Å²) in [7, 11) is 2.28. The van der Waals surface area contributed by atoms with Crippen LogP contribution < -0.4 is 5.32 Å². The first kappa shape index (κ1) is 17.9. The molecule has 2 N–H and O–H groups in total. The highest BCUT2D eigenvalue weighted by atomic mass is 16.3. The maximum atomic E-state index is 9.61. The smallest absolute Gasteiger partial charge is 0.0610 e. The van der Waals surface area contributed by atoms with E-state index in [9.17, 15) is 5.11 Å². The number of hydrogen-bond acceptors (Lipinski definition) is 3. The van der Waals surface area contributed by atoms with E-state index in [0.717, 1.165) is 25.4 Å². The van der Waals surface area contributed by atoms with Crippen LogP contribution in [0, 0.1) is 0 Å². The summed E-state index contributed by atoms with van der Waals surface area (Å²) >= 11 is 0. The van der Waals surface area contributed by atoms with Gasteiger partial charge in [-0.2, -0.15) is 0 Å². The highest BCUT2D eigenvalue weighted by Gasteiger charge is 2.24. The van der Waals surface area contributed by atoms with E-state index in [-0.39, 0.29) is 12.1 Å². The summed E-state index contributed by atoms with van der Waals surface area (Å²) in [5.41, 5.74) is -0.127. The molecule has 0 aromatic carbocycles. The topological polar surface area (TPSA) is 35.5 Å². The Balaban J connectivity index is 2.30. The maximum absolute atomic E-state index is 9.61. The third-order valence-electron chi connectivity index (χ3n) is 4.67. The molecule has 0 heterocycles. The lowest BCUT2D eigenvalue weighted by Gasteiger charge is -2.33. The second kappa shape index (κ2) is 9.01. The fourth-order valence-corrected chi connectivity index (χ4v) is 3.49. The summed E-state index contributed by atoms with van der Waals surface area (Å²) in [5.74, 6) is 0. The molecule has 0 bridgehead atoms. The first-order valence-corrected chi connectivity index (χ1v) is 8.55. The fourth-order valence-electron chi connectivity index (χ4n) is 3.49. The van der Waals surface area contributed by atoms with E-state index >= 15 is 0 Å². The molecule has 120 valence electrons. The Bertz CT molecular complexity index is 249. The summed E-state index contributed by atoms with van der Waals surface area (Å²) in [6.45, 7) is 7.80. The van der Waals surface area contributed by atoms with Crippen molar-refractivity contribution in [2.24, 2.45) is 0 Å². The van der Waals surface area contributed by atoms with Gasteiger partial charge in [-0.25, -0.2) is 0 Å². The molecule has 3 heteroatoms. The van der Waals surface area contributed by atoms with E-state index in [0.29, 0.717) is 6.04 Å². The van der Waals surface area contributed by atoms with Gasteiger partial charge in [0.15, 0.2) is 0 Å². The Morgan fingerprint density at radius 3 is 2.30 bits per heavy atom. The van der Waals surface area contributed by atoms with E-state index < -0.39 is 0 Å². The molecule has 1 rings (SSSR count). The average molecular weight is 284 g/mol. The van der Waals surface area contributed by atoms with Gasteiger partial charge in [0.05, 0.1) is 6.61 Å². The Morgan fingerprint density at radius 1 is 1.20 bits per heavy atom. The quantitative estimate of drug-likeness (QED) is 0.672. The molecule has 0 aliphatic heterocycles. The van der Waals surface area contributed by atoms with Gasteiger partial charge in [-0.15, -0.1) is 0 Å². The van der Waals surface area contributed by atoms with Crippen molar-refractivity contribution in [2.45, 2.75) is 89.8 Å². The molecular formula is C17H36N2O. The van der Waals surface area contributed by atoms with E-state index in [4.69, 9.17) is 0 Å². The van der Waals surface area contributed by atoms with Crippen LogP contribution in [-0.2, 0) is 0 Å². The van der Waals surface area contributed by atoms with Crippen molar-refractivity contribution < 1.29 is 5.11 Å². The highest BCUT2D eigenvalue weighted by molar-refractivity contribution is 4.84. The first-order valence-electron chi connectivity index (χ1n) is 8.55. The van der Waals surface area contributed by atoms with E-state index in [2.05, 4.69) is 38.0 Å². The number of rotatable bonds is 8. The monoisotopic (exact) mass is 284 g/mol. The summed E-state index contributed by atoms with van der Waals surface area (Å²) < 4.78 is 0. The zero-order valence-electron chi connectivity index (χ0n) is 14.1. The molecule has 1 unspecified atom stereocenters. The lowest BCUT2D eigenvalue weighted by molar-refractivity contribution is 0.144. The van der Waals surface area contributed by atoms with Crippen molar-refractivity contribution in [3.8, 4) is 0 Å². The molecule has 0 radical (unpaired) electrons. The minimum absolute atomic E-state index is 0.127. The Morgan fingerprint density at radius 2 is 1.80 bits per heavy atom. The molecule has 1 saturated carbocycles. The van der Waals surface area contributed by atoms with E-state index in [1.54, 1.807) is 0 Å². The largest absolute Gasteiger partial charge is 0.394 e. The van der Waals surface area contributed by atoms with E-state index in [1.807, 2.05) is 0 Å². The molecule has 0 aromatic heterocycles. The van der Waals surface area contributed by atoms with Crippen LogP contribution in [0.15, 0.2) is 0 Å². The fraction of sp³-hybridized carbons (Fsp3) is 1.00. The minimum Gasteiger partial charge on any atom is -0.394 e. The van der Waals surface area contributed by atoms with Gasteiger partial charge in [-0.1, -0.05) is 39.5 Å². The van der Waals surface area contributed by atoms with Gasteiger partial charge in [0.1, 0.15) is 0 Å². The lowest BCUT2D eigenvalue weighted by Crippen LogP contribution is -2.49. The summed E-state index contributed by atoms with van der Waals surface area (Å²) in [6, 6.07) is 1.21. The summed E-state index contributed by atoms with van der Waals surface area (Å²) in [5, 5.41) is 13.1. The average Bonchev–Trinajstić information content (AvgIpc) is 2.66. The SMILES string of the molecule is CC(C)NC(C)(CO)CCCN(C)C1CCCCCC1. The number of aliphatic hydroxyl groups is 1. The van der Waals surface area contributed by atoms with Crippen LogP contribution in [0.4, 0.5) is 0 Å².